The lowest BCUT2D eigenvalue weighted by Crippen LogP contribution is -2.47. The SMILES string of the molecule is C[C@@]1(O)CC[C@]23O[C@@]2(C)CC[C@@H]2[C@H](OC(=O)[C@H]2CS(=O)(=O)c2ncccn2)[C@@H]13. The van der Waals surface area contributed by atoms with Gasteiger partial charge in [-0.3, -0.25) is 4.79 Å². The van der Waals surface area contributed by atoms with Gasteiger partial charge in [0.1, 0.15) is 11.7 Å². The van der Waals surface area contributed by atoms with E-state index in [0.717, 1.165) is 12.8 Å². The summed E-state index contributed by atoms with van der Waals surface area (Å²) in [5, 5.41) is 10.8. The molecule has 1 aromatic heterocycles. The molecule has 1 spiro atoms. The van der Waals surface area contributed by atoms with Crippen LogP contribution in [0.2, 0.25) is 0 Å². The molecule has 1 aromatic rings. The maximum absolute atomic E-state index is 12.8. The number of esters is 1. The van der Waals surface area contributed by atoms with Gasteiger partial charge in [0.25, 0.3) is 0 Å². The molecule has 4 aliphatic rings. The summed E-state index contributed by atoms with van der Waals surface area (Å²) in [4.78, 5) is 20.4. The number of fused-ring (bicyclic) bond motifs is 2. The van der Waals surface area contributed by atoms with Crippen molar-refractivity contribution in [2.75, 3.05) is 5.75 Å². The molecule has 5 rings (SSSR count). The van der Waals surface area contributed by atoms with Gasteiger partial charge in [-0.25, -0.2) is 18.4 Å². The van der Waals surface area contributed by atoms with E-state index in [4.69, 9.17) is 9.47 Å². The van der Waals surface area contributed by atoms with Gasteiger partial charge in [0, 0.05) is 18.3 Å². The lowest BCUT2D eigenvalue weighted by molar-refractivity contribution is -0.150. The number of epoxide rings is 1. The second kappa shape index (κ2) is 5.52. The van der Waals surface area contributed by atoms with Gasteiger partial charge in [0.15, 0.2) is 0 Å². The summed E-state index contributed by atoms with van der Waals surface area (Å²) >= 11 is 0. The van der Waals surface area contributed by atoms with Gasteiger partial charge in [0.2, 0.25) is 15.0 Å². The van der Waals surface area contributed by atoms with Crippen molar-refractivity contribution in [2.45, 2.75) is 67.6 Å². The number of carbonyl (C=O) groups is 1. The highest BCUT2D eigenvalue weighted by atomic mass is 32.2. The topological polar surface area (TPSA) is 119 Å². The zero-order valence-corrected chi connectivity index (χ0v) is 16.7. The summed E-state index contributed by atoms with van der Waals surface area (Å²) in [7, 11) is -3.83. The van der Waals surface area contributed by atoms with Crippen LogP contribution in [0.3, 0.4) is 0 Å². The van der Waals surface area contributed by atoms with Crippen LogP contribution >= 0.6 is 0 Å². The van der Waals surface area contributed by atoms with Crippen molar-refractivity contribution in [3.63, 3.8) is 0 Å². The number of aromatic nitrogens is 2. The van der Waals surface area contributed by atoms with Gasteiger partial charge in [-0.05, 0) is 45.6 Å². The zero-order chi connectivity index (χ0) is 19.9. The van der Waals surface area contributed by atoms with Gasteiger partial charge >= 0.3 is 5.97 Å². The van der Waals surface area contributed by atoms with Crippen molar-refractivity contribution < 1.29 is 27.8 Å². The third-order valence-corrected chi connectivity index (χ3v) is 9.00. The Labute approximate surface area is 163 Å². The van der Waals surface area contributed by atoms with Gasteiger partial charge in [0.05, 0.1) is 28.8 Å². The second-order valence-electron chi connectivity index (χ2n) is 9.08. The molecule has 4 fully saturated rings. The molecule has 2 saturated carbocycles. The fourth-order valence-electron chi connectivity index (χ4n) is 6.00. The van der Waals surface area contributed by atoms with E-state index >= 15 is 0 Å². The highest BCUT2D eigenvalue weighted by molar-refractivity contribution is 7.91. The molecule has 0 bridgehead atoms. The minimum atomic E-state index is -3.83. The van der Waals surface area contributed by atoms with E-state index in [-0.39, 0.29) is 28.3 Å². The predicted octanol–water partition coefficient (Wildman–Crippen LogP) is 0.891. The Bertz CT molecular complexity index is 935. The summed E-state index contributed by atoms with van der Waals surface area (Å²) < 4.78 is 37.4. The van der Waals surface area contributed by atoms with Gasteiger partial charge in [-0.2, -0.15) is 0 Å². The fraction of sp³-hybridized carbons (Fsp3) is 0.737. The van der Waals surface area contributed by atoms with Crippen molar-refractivity contribution in [1.29, 1.82) is 0 Å². The molecule has 9 heteroatoms. The number of nitrogens with zero attached hydrogens (tertiary/aromatic N) is 2. The normalized spacial score (nSPS) is 46.9. The maximum atomic E-state index is 12.8. The summed E-state index contributed by atoms with van der Waals surface area (Å²) in [5.41, 5.74) is -1.84. The average Bonchev–Trinajstić information content (AvgIpc) is 3.01. The van der Waals surface area contributed by atoms with Crippen molar-refractivity contribution >= 4 is 15.8 Å². The van der Waals surface area contributed by atoms with E-state index in [1.165, 1.54) is 12.4 Å². The van der Waals surface area contributed by atoms with E-state index in [9.17, 15) is 18.3 Å². The van der Waals surface area contributed by atoms with Crippen LogP contribution in [0.25, 0.3) is 0 Å². The molecular formula is C19H24N2O6S. The average molecular weight is 408 g/mol. The summed E-state index contributed by atoms with van der Waals surface area (Å²) in [5.74, 6) is -2.30. The largest absolute Gasteiger partial charge is 0.461 e. The van der Waals surface area contributed by atoms with E-state index in [0.29, 0.717) is 12.8 Å². The smallest absolute Gasteiger partial charge is 0.310 e. The van der Waals surface area contributed by atoms with Crippen LogP contribution < -0.4 is 0 Å². The minimum absolute atomic E-state index is 0.273. The Morgan fingerprint density at radius 3 is 2.64 bits per heavy atom. The van der Waals surface area contributed by atoms with Gasteiger partial charge in [-0.1, -0.05) is 0 Å². The second-order valence-corrected chi connectivity index (χ2v) is 11.0. The Balaban J connectivity index is 1.48. The first-order valence-corrected chi connectivity index (χ1v) is 11.4. The number of carbonyl (C=O) groups excluding carboxylic acids is 1. The van der Waals surface area contributed by atoms with Crippen molar-refractivity contribution in [2.24, 2.45) is 17.8 Å². The summed E-state index contributed by atoms with van der Waals surface area (Å²) in [6, 6.07) is 1.54. The number of sulfone groups is 1. The zero-order valence-electron chi connectivity index (χ0n) is 15.9. The van der Waals surface area contributed by atoms with Gasteiger partial charge in [-0.15, -0.1) is 0 Å². The molecule has 2 saturated heterocycles. The number of hydrogen-bond acceptors (Lipinski definition) is 8. The van der Waals surface area contributed by atoms with Gasteiger partial charge < -0.3 is 14.6 Å². The summed E-state index contributed by atoms with van der Waals surface area (Å²) in [6.45, 7) is 3.82. The molecule has 7 atom stereocenters. The monoisotopic (exact) mass is 408 g/mol. The van der Waals surface area contributed by atoms with E-state index in [1.54, 1.807) is 13.0 Å². The molecule has 0 amide bonds. The van der Waals surface area contributed by atoms with Crippen LogP contribution in [0.15, 0.2) is 23.6 Å². The van der Waals surface area contributed by atoms with E-state index in [1.807, 2.05) is 6.92 Å². The number of aliphatic hydroxyl groups is 1. The third-order valence-electron chi connectivity index (χ3n) is 7.43. The molecule has 8 nitrogen and oxygen atoms in total. The molecule has 2 aliphatic carbocycles. The van der Waals surface area contributed by atoms with Crippen LogP contribution in [-0.4, -0.2) is 58.1 Å². The van der Waals surface area contributed by atoms with Crippen LogP contribution in [0.4, 0.5) is 0 Å². The lowest BCUT2D eigenvalue weighted by atomic mass is 9.75. The molecule has 0 radical (unpaired) electrons. The first kappa shape index (κ1) is 18.4. The number of ether oxygens (including phenoxy) is 2. The van der Waals surface area contributed by atoms with Crippen molar-refractivity contribution in [3.05, 3.63) is 18.5 Å². The van der Waals surface area contributed by atoms with Crippen molar-refractivity contribution in [3.8, 4) is 0 Å². The molecule has 1 N–H and O–H groups in total. The summed E-state index contributed by atoms with van der Waals surface area (Å²) in [6.07, 6.45) is 4.84. The predicted molar refractivity (Wildman–Crippen MR) is 95.7 cm³/mol. The van der Waals surface area contributed by atoms with E-state index in [2.05, 4.69) is 9.97 Å². The fourth-order valence-corrected chi connectivity index (χ4v) is 7.45. The quantitative estimate of drug-likeness (QED) is 0.445. The molecule has 0 aromatic carbocycles. The molecule has 0 unspecified atom stereocenters. The maximum Gasteiger partial charge on any atom is 0.310 e. The molecule has 152 valence electrons. The highest BCUT2D eigenvalue weighted by Gasteiger charge is 2.80. The molecule has 2 aliphatic heterocycles. The molecule has 28 heavy (non-hydrogen) atoms. The van der Waals surface area contributed by atoms with Crippen LogP contribution in [0.1, 0.15) is 39.5 Å². The minimum Gasteiger partial charge on any atom is -0.461 e. The highest BCUT2D eigenvalue weighted by Crippen LogP contribution is 2.69. The number of rotatable bonds is 3. The third kappa shape index (κ3) is 2.35. The first-order chi connectivity index (χ1) is 13.1. The molecule has 3 heterocycles. The number of hydrogen-bond donors (Lipinski definition) is 1. The Kier molecular flexibility index (Phi) is 3.63. The standard InChI is InChI=1S/C19H24N2O6S/c1-17(23)6-7-19-14(17)13-11(4-5-18(19,2)27-19)12(15(22)26-13)10-28(24,25)16-20-8-3-9-21-16/h3,8-9,11-14,23H,4-7,10H2,1-2H3/t11-,12-,13-,14-,17+,18-,19+/m0/s1. The first-order valence-electron chi connectivity index (χ1n) is 9.73. The Morgan fingerprint density at radius 2 is 1.93 bits per heavy atom. The molecular weight excluding hydrogens is 384 g/mol. The van der Waals surface area contributed by atoms with E-state index < -0.39 is 39.0 Å². The Morgan fingerprint density at radius 1 is 1.21 bits per heavy atom. The van der Waals surface area contributed by atoms with Crippen LogP contribution in [0.5, 0.6) is 0 Å². The lowest BCUT2D eigenvalue weighted by Gasteiger charge is -2.34. The van der Waals surface area contributed by atoms with Crippen LogP contribution in [0, 0.1) is 17.8 Å². The van der Waals surface area contributed by atoms with Crippen LogP contribution in [-0.2, 0) is 24.1 Å². The Hall–Kier alpha value is -1.58. The van der Waals surface area contributed by atoms with Crippen molar-refractivity contribution in [1.82, 2.24) is 9.97 Å².